The van der Waals surface area contributed by atoms with Crippen molar-refractivity contribution in [2.24, 2.45) is 0 Å². The van der Waals surface area contributed by atoms with Gasteiger partial charge in [-0.3, -0.25) is 16.0 Å². The molecule has 5 heteroatoms. The Hall–Kier alpha value is -0.970. The van der Waals surface area contributed by atoms with Gasteiger partial charge in [-0.25, -0.2) is 4.79 Å². The van der Waals surface area contributed by atoms with Gasteiger partial charge in [0.1, 0.15) is 4.99 Å². The Kier molecular flexibility index (Phi) is 0.980. The van der Waals surface area contributed by atoms with Crippen LogP contribution < -0.4 is 10.6 Å². The Bertz CT molecular complexity index is 157. The average molecular weight is 129 g/mol. The molecule has 0 aromatic rings. The van der Waals surface area contributed by atoms with E-state index in [1.165, 1.54) is 0 Å². The minimum atomic E-state index is -0.417. The lowest BCUT2D eigenvalue weighted by atomic mass is 10.6. The van der Waals surface area contributed by atoms with Crippen molar-refractivity contribution in [1.29, 1.82) is 5.41 Å². The molecule has 0 atom stereocenters. The zero-order chi connectivity index (χ0) is 6.15. The fourth-order valence-corrected chi connectivity index (χ4v) is 0.511. The van der Waals surface area contributed by atoms with Crippen molar-refractivity contribution >= 4 is 29.1 Å². The topological polar surface area (TPSA) is 65.0 Å². The third-order valence-corrected chi connectivity index (χ3v) is 0.999. The van der Waals surface area contributed by atoms with E-state index in [-0.39, 0.29) is 10.8 Å². The first kappa shape index (κ1) is 5.17. The fraction of sp³-hybridized carbons (Fsp3) is 0. The van der Waals surface area contributed by atoms with Crippen LogP contribution in [0.5, 0.6) is 0 Å². The molecule has 0 aromatic carbocycles. The summed E-state index contributed by atoms with van der Waals surface area (Å²) in [4.78, 5) is 10.4. The molecule has 2 amide bonds. The number of amides is 2. The van der Waals surface area contributed by atoms with Gasteiger partial charge in [-0.05, 0) is 0 Å². The first-order chi connectivity index (χ1) is 3.70. The third kappa shape index (κ3) is 0.671. The molecule has 0 spiro atoms. The predicted molar refractivity (Wildman–Crippen MR) is 32.0 cm³/mol. The van der Waals surface area contributed by atoms with Gasteiger partial charge in [0.2, 0.25) is 0 Å². The second kappa shape index (κ2) is 1.52. The van der Waals surface area contributed by atoms with Gasteiger partial charge in [-0.15, -0.1) is 0 Å². The molecular formula is C3H3N3OS. The number of thiocarbonyl (C=S) groups is 1. The smallest absolute Gasteiger partial charge is 0.295 e. The van der Waals surface area contributed by atoms with E-state index in [1.807, 2.05) is 0 Å². The Morgan fingerprint density at radius 2 is 2.12 bits per heavy atom. The normalized spacial score (nSPS) is 18.2. The molecule has 1 fully saturated rings. The highest BCUT2D eigenvalue weighted by atomic mass is 32.1. The van der Waals surface area contributed by atoms with E-state index in [2.05, 4.69) is 22.9 Å². The minimum absolute atomic E-state index is 0.0231. The summed E-state index contributed by atoms with van der Waals surface area (Å²) in [5.74, 6) is -0.0231. The van der Waals surface area contributed by atoms with E-state index >= 15 is 0 Å². The lowest BCUT2D eigenvalue weighted by Crippen LogP contribution is -2.22. The number of hydrogen-bond donors (Lipinski definition) is 3. The second-order valence-corrected chi connectivity index (χ2v) is 1.69. The van der Waals surface area contributed by atoms with Crippen molar-refractivity contribution in [2.75, 3.05) is 0 Å². The van der Waals surface area contributed by atoms with Crippen LogP contribution in [0.4, 0.5) is 4.79 Å². The van der Waals surface area contributed by atoms with Crippen LogP contribution in [0.3, 0.4) is 0 Å². The largest absolute Gasteiger partial charge is 0.325 e. The minimum Gasteiger partial charge on any atom is -0.295 e. The maximum atomic E-state index is 10.2. The van der Waals surface area contributed by atoms with Gasteiger partial charge in [0.05, 0.1) is 0 Å². The average Bonchev–Trinajstić information content (AvgIpc) is 1.85. The zero-order valence-corrected chi connectivity index (χ0v) is 4.63. The molecule has 0 aromatic heterocycles. The summed E-state index contributed by atoms with van der Waals surface area (Å²) in [7, 11) is 0. The first-order valence-electron chi connectivity index (χ1n) is 1.91. The second-order valence-electron chi connectivity index (χ2n) is 1.28. The van der Waals surface area contributed by atoms with Crippen LogP contribution in [-0.2, 0) is 0 Å². The lowest BCUT2D eigenvalue weighted by molar-refractivity contribution is 0.251. The lowest BCUT2D eigenvalue weighted by Gasteiger charge is -1.81. The Labute approximate surface area is 50.8 Å². The van der Waals surface area contributed by atoms with Crippen LogP contribution in [0.1, 0.15) is 0 Å². The standard InChI is InChI=1S/C3H3N3OS/c4-1-2(8)6-3(7)5-1/h(H3,4,5,6,7,8). The van der Waals surface area contributed by atoms with Crippen molar-refractivity contribution in [3.8, 4) is 0 Å². The highest BCUT2D eigenvalue weighted by Gasteiger charge is 2.18. The molecule has 3 N–H and O–H groups in total. The van der Waals surface area contributed by atoms with Crippen molar-refractivity contribution in [2.45, 2.75) is 0 Å². The maximum Gasteiger partial charge on any atom is 0.325 e. The summed E-state index contributed by atoms with van der Waals surface area (Å²) in [6.45, 7) is 0. The molecule has 1 saturated heterocycles. The molecule has 0 radical (unpaired) electrons. The molecule has 0 bridgehead atoms. The molecule has 0 saturated carbocycles. The summed E-state index contributed by atoms with van der Waals surface area (Å²) in [6.07, 6.45) is 0. The van der Waals surface area contributed by atoms with Gasteiger partial charge < -0.3 is 0 Å². The SMILES string of the molecule is N=C1NC(=O)NC1=S. The molecule has 1 rings (SSSR count). The van der Waals surface area contributed by atoms with E-state index in [1.54, 1.807) is 0 Å². The van der Waals surface area contributed by atoms with Gasteiger partial charge in [0.15, 0.2) is 5.84 Å². The van der Waals surface area contributed by atoms with E-state index < -0.39 is 6.03 Å². The summed E-state index contributed by atoms with van der Waals surface area (Å²) in [5, 5.41) is 11.2. The summed E-state index contributed by atoms with van der Waals surface area (Å²) in [5.41, 5.74) is 0. The number of nitrogens with one attached hydrogen (secondary N) is 3. The number of hydrogen-bond acceptors (Lipinski definition) is 3. The van der Waals surface area contributed by atoms with E-state index in [0.717, 1.165) is 0 Å². The Balaban J connectivity index is 2.79. The van der Waals surface area contributed by atoms with Crippen molar-refractivity contribution in [3.63, 3.8) is 0 Å². The van der Waals surface area contributed by atoms with Gasteiger partial charge in [0, 0.05) is 0 Å². The quantitative estimate of drug-likeness (QED) is 0.390. The molecule has 1 aliphatic heterocycles. The van der Waals surface area contributed by atoms with Crippen molar-refractivity contribution in [3.05, 3.63) is 0 Å². The molecular weight excluding hydrogens is 126 g/mol. The Morgan fingerprint density at radius 3 is 2.25 bits per heavy atom. The molecule has 42 valence electrons. The van der Waals surface area contributed by atoms with Crippen LogP contribution in [-0.4, -0.2) is 16.9 Å². The third-order valence-electron chi connectivity index (χ3n) is 0.693. The highest BCUT2D eigenvalue weighted by molar-refractivity contribution is 7.82. The maximum absolute atomic E-state index is 10.2. The first-order valence-corrected chi connectivity index (χ1v) is 2.32. The van der Waals surface area contributed by atoms with E-state index in [4.69, 9.17) is 5.41 Å². The summed E-state index contributed by atoms with van der Waals surface area (Å²) < 4.78 is 0. The zero-order valence-electron chi connectivity index (χ0n) is 3.82. The van der Waals surface area contributed by atoms with Crippen LogP contribution >= 0.6 is 12.2 Å². The molecule has 8 heavy (non-hydrogen) atoms. The van der Waals surface area contributed by atoms with Crippen LogP contribution in [0.25, 0.3) is 0 Å². The number of amidine groups is 1. The van der Waals surface area contributed by atoms with Gasteiger partial charge >= 0.3 is 6.03 Å². The van der Waals surface area contributed by atoms with Crippen molar-refractivity contribution < 1.29 is 4.79 Å². The molecule has 0 aliphatic carbocycles. The monoisotopic (exact) mass is 129 g/mol. The van der Waals surface area contributed by atoms with Crippen LogP contribution in [0.2, 0.25) is 0 Å². The number of carbonyl (C=O) groups excluding carboxylic acids is 1. The number of urea groups is 1. The molecule has 1 heterocycles. The highest BCUT2D eigenvalue weighted by Crippen LogP contribution is 1.82. The van der Waals surface area contributed by atoms with E-state index in [0.29, 0.717) is 0 Å². The van der Waals surface area contributed by atoms with Gasteiger partial charge in [-0.2, -0.15) is 0 Å². The summed E-state index contributed by atoms with van der Waals surface area (Å²) >= 11 is 4.50. The van der Waals surface area contributed by atoms with E-state index in [9.17, 15) is 4.79 Å². The Morgan fingerprint density at radius 1 is 1.50 bits per heavy atom. The molecule has 1 aliphatic rings. The fourth-order valence-electron chi connectivity index (χ4n) is 0.367. The molecule has 4 nitrogen and oxygen atoms in total. The van der Waals surface area contributed by atoms with Crippen molar-refractivity contribution in [1.82, 2.24) is 10.6 Å². The summed E-state index contributed by atoms with van der Waals surface area (Å²) in [6, 6.07) is -0.417. The number of rotatable bonds is 0. The number of carbonyl (C=O) groups is 1. The predicted octanol–water partition coefficient (Wildman–Crippen LogP) is -0.396. The van der Waals surface area contributed by atoms with Gasteiger partial charge in [0.25, 0.3) is 0 Å². The van der Waals surface area contributed by atoms with Crippen LogP contribution in [0.15, 0.2) is 0 Å². The van der Waals surface area contributed by atoms with Gasteiger partial charge in [-0.1, -0.05) is 12.2 Å². The molecule has 0 unspecified atom stereocenters. The van der Waals surface area contributed by atoms with Crippen LogP contribution in [0, 0.1) is 5.41 Å².